The van der Waals surface area contributed by atoms with Gasteiger partial charge in [0.05, 0.1) is 18.9 Å². The maximum atomic E-state index is 9.38. The first-order valence-corrected chi connectivity index (χ1v) is 15.3. The van der Waals surface area contributed by atoms with E-state index in [1.54, 1.807) is 0 Å². The summed E-state index contributed by atoms with van der Waals surface area (Å²) in [6.07, 6.45) is 14.7. The highest BCUT2D eigenvalue weighted by atomic mass is 31.2. The summed E-state index contributed by atoms with van der Waals surface area (Å²) in [7, 11) is -1.65. The smallest absolute Gasteiger partial charge is 0.180 e. The number of hydrogen-bond acceptors (Lipinski definition) is 3. The van der Waals surface area contributed by atoms with Gasteiger partial charge in [0.1, 0.15) is 6.61 Å². The van der Waals surface area contributed by atoms with Crippen LogP contribution in [0.1, 0.15) is 119 Å². The highest BCUT2D eigenvalue weighted by Gasteiger charge is 2.31. The number of ether oxygens (including phenoxy) is 1. The summed E-state index contributed by atoms with van der Waals surface area (Å²) in [5.74, 6) is 0. The lowest BCUT2D eigenvalue weighted by Crippen LogP contribution is -2.31. The normalized spacial score (nSPS) is 13.8. The highest BCUT2D eigenvalue weighted by Crippen LogP contribution is 2.51. The lowest BCUT2D eigenvalue weighted by Gasteiger charge is -2.32. The quantitative estimate of drug-likeness (QED) is 0.160. The van der Waals surface area contributed by atoms with Gasteiger partial charge in [0.25, 0.3) is 0 Å². The van der Waals surface area contributed by atoms with Gasteiger partial charge in [-0.25, -0.2) is 4.52 Å². The molecule has 0 aromatic rings. The molecule has 0 atom stereocenters. The van der Waals surface area contributed by atoms with Crippen LogP contribution in [0.2, 0.25) is 0 Å². The monoisotopic (exact) mass is 447 g/mol. The van der Waals surface area contributed by atoms with Gasteiger partial charge in [0, 0.05) is 6.61 Å². The van der Waals surface area contributed by atoms with Crippen molar-refractivity contribution in [2.45, 2.75) is 125 Å². The van der Waals surface area contributed by atoms with Crippen molar-refractivity contribution in [2.24, 2.45) is 10.8 Å². The van der Waals surface area contributed by atoms with E-state index in [1.165, 1.54) is 64.2 Å². The Bertz CT molecular complexity index is 430. The van der Waals surface area contributed by atoms with E-state index in [-0.39, 0.29) is 11.9 Å². The Balaban J connectivity index is 4.08. The van der Waals surface area contributed by atoms with Crippen LogP contribution >= 0.6 is 7.49 Å². The summed E-state index contributed by atoms with van der Waals surface area (Å²) in [5, 5.41) is 9.38. The van der Waals surface area contributed by atoms with E-state index in [4.69, 9.17) is 9.26 Å². The molecule has 182 valence electrons. The lowest BCUT2D eigenvalue weighted by molar-refractivity contribution is -0.0491. The van der Waals surface area contributed by atoms with Gasteiger partial charge in [-0.1, -0.05) is 73.1 Å². The number of unbranched alkanes of at least 4 members (excludes halogenated alkanes) is 5. The highest BCUT2D eigenvalue weighted by molar-refractivity contribution is 7.69. The zero-order valence-electron chi connectivity index (χ0n) is 22.1. The third-order valence-corrected chi connectivity index (χ3v) is 7.79. The summed E-state index contributed by atoms with van der Waals surface area (Å²) in [5.41, 5.74) is 0.531. The topological polar surface area (TPSA) is 38.7 Å². The fourth-order valence-electron chi connectivity index (χ4n) is 3.62. The second-order valence-corrected chi connectivity index (χ2v) is 15.7. The third-order valence-electron chi connectivity index (χ3n) is 6.28. The van der Waals surface area contributed by atoms with Crippen LogP contribution < -0.4 is 0 Å². The molecule has 0 aromatic carbocycles. The number of hydrogen-bond donors (Lipinski definition) is 1. The maximum absolute atomic E-state index is 9.38. The molecule has 0 saturated heterocycles. The molecule has 0 radical (unpaired) electrons. The first kappa shape index (κ1) is 30.3. The van der Waals surface area contributed by atoms with Crippen molar-refractivity contribution >= 4 is 7.49 Å². The Hall–Kier alpha value is 0.310. The molecular weight excluding hydrogens is 391 g/mol. The molecule has 0 aliphatic rings. The summed E-state index contributed by atoms with van der Waals surface area (Å²) in [6.45, 7) is 21.5. The minimum absolute atomic E-state index is 0.131. The van der Waals surface area contributed by atoms with Crippen LogP contribution in [0.4, 0.5) is 0 Å². The largest absolute Gasteiger partial charge is 0.373 e. The molecule has 0 aliphatic heterocycles. The predicted molar refractivity (Wildman–Crippen MR) is 136 cm³/mol. The third kappa shape index (κ3) is 16.9. The minimum Gasteiger partial charge on any atom is -0.373 e. The molecule has 0 spiro atoms. The van der Waals surface area contributed by atoms with E-state index < -0.39 is 7.49 Å². The predicted octanol–water partition coefficient (Wildman–Crippen LogP) is 8.30. The first-order chi connectivity index (χ1) is 13.7. The van der Waals surface area contributed by atoms with Crippen LogP contribution in [-0.2, 0) is 9.26 Å². The number of aliphatic hydroxyl groups is 1. The van der Waals surface area contributed by atoms with E-state index in [1.807, 2.05) is 13.3 Å². The van der Waals surface area contributed by atoms with Crippen LogP contribution in [0.15, 0.2) is 0 Å². The van der Waals surface area contributed by atoms with Crippen molar-refractivity contribution in [3.8, 4) is 0 Å². The maximum Gasteiger partial charge on any atom is 0.180 e. The molecular formula is C26H56O3P+. The van der Waals surface area contributed by atoms with Gasteiger partial charge in [0.2, 0.25) is 0 Å². The Morgan fingerprint density at radius 2 is 1.20 bits per heavy atom. The second-order valence-electron chi connectivity index (χ2n) is 12.0. The van der Waals surface area contributed by atoms with Gasteiger partial charge in [0.15, 0.2) is 13.8 Å². The average molecular weight is 448 g/mol. The lowest BCUT2D eigenvalue weighted by atomic mass is 9.75. The van der Waals surface area contributed by atoms with E-state index in [2.05, 4.69) is 48.5 Å². The zero-order chi connectivity index (χ0) is 23.3. The van der Waals surface area contributed by atoms with Gasteiger partial charge in [-0.3, -0.25) is 0 Å². The van der Waals surface area contributed by atoms with Crippen LogP contribution in [0, 0.1) is 10.8 Å². The standard InChI is InChI=1S/C26H56O3P/c1-10-11-12-13-14-15-17-24(2,3)19-20-25(4,5)18-16-21-28-26(6,7)22-29-30(8,9)23-27/h27H,10-23H2,1-9H3/q+1. The molecule has 0 aromatic heterocycles. The zero-order valence-corrected chi connectivity index (χ0v) is 23.0. The van der Waals surface area contributed by atoms with Crippen molar-refractivity contribution in [2.75, 3.05) is 32.9 Å². The minimum atomic E-state index is -1.65. The van der Waals surface area contributed by atoms with Crippen molar-refractivity contribution in [3.63, 3.8) is 0 Å². The van der Waals surface area contributed by atoms with Crippen LogP contribution in [-0.4, -0.2) is 43.6 Å². The SMILES string of the molecule is CCCCCCCCC(C)(C)CCC(C)(C)CCCOC(C)(C)CO[P+](C)(C)CO. The molecule has 4 heteroatoms. The van der Waals surface area contributed by atoms with E-state index >= 15 is 0 Å². The fraction of sp³-hybridized carbons (Fsp3) is 1.00. The summed E-state index contributed by atoms with van der Waals surface area (Å²) in [4.78, 5) is 0. The van der Waals surface area contributed by atoms with Crippen molar-refractivity contribution < 1.29 is 14.4 Å². The molecule has 0 rings (SSSR count). The van der Waals surface area contributed by atoms with Crippen molar-refractivity contribution in [1.82, 2.24) is 0 Å². The van der Waals surface area contributed by atoms with Gasteiger partial charge < -0.3 is 9.84 Å². The molecule has 0 saturated carbocycles. The van der Waals surface area contributed by atoms with Crippen LogP contribution in [0.5, 0.6) is 0 Å². The number of rotatable bonds is 19. The Morgan fingerprint density at radius 3 is 1.73 bits per heavy atom. The second kappa shape index (κ2) is 14.5. The molecule has 0 unspecified atom stereocenters. The van der Waals surface area contributed by atoms with Gasteiger partial charge in [-0.2, -0.15) is 0 Å². The van der Waals surface area contributed by atoms with Crippen LogP contribution in [0.25, 0.3) is 0 Å². The van der Waals surface area contributed by atoms with Gasteiger partial charge in [-0.05, 0) is 56.8 Å². The molecule has 0 bridgehead atoms. The molecule has 1 N–H and O–H groups in total. The first-order valence-electron chi connectivity index (χ1n) is 12.5. The molecule has 0 fully saturated rings. The fourth-order valence-corrected chi connectivity index (χ4v) is 4.36. The Kier molecular flexibility index (Phi) is 14.6. The number of aliphatic hydroxyl groups excluding tert-OH is 1. The summed E-state index contributed by atoms with van der Waals surface area (Å²) < 4.78 is 12.0. The van der Waals surface area contributed by atoms with E-state index in [0.29, 0.717) is 17.4 Å². The van der Waals surface area contributed by atoms with Crippen LogP contribution in [0.3, 0.4) is 0 Å². The summed E-state index contributed by atoms with van der Waals surface area (Å²) in [6, 6.07) is 0. The summed E-state index contributed by atoms with van der Waals surface area (Å²) >= 11 is 0. The molecule has 0 heterocycles. The Labute approximate surface area is 190 Å². The van der Waals surface area contributed by atoms with Crippen molar-refractivity contribution in [3.05, 3.63) is 0 Å². The van der Waals surface area contributed by atoms with Gasteiger partial charge in [-0.15, -0.1) is 0 Å². The van der Waals surface area contributed by atoms with Gasteiger partial charge >= 0.3 is 0 Å². The molecule has 0 amide bonds. The average Bonchev–Trinajstić information content (AvgIpc) is 2.65. The molecule has 3 nitrogen and oxygen atoms in total. The Morgan fingerprint density at radius 1 is 0.700 bits per heavy atom. The van der Waals surface area contributed by atoms with E-state index in [9.17, 15) is 5.11 Å². The van der Waals surface area contributed by atoms with Crippen molar-refractivity contribution in [1.29, 1.82) is 0 Å². The molecule has 30 heavy (non-hydrogen) atoms. The van der Waals surface area contributed by atoms with E-state index in [0.717, 1.165) is 13.0 Å². The molecule has 0 aliphatic carbocycles.